The van der Waals surface area contributed by atoms with Gasteiger partial charge in [-0.3, -0.25) is 0 Å². The van der Waals surface area contributed by atoms with Crippen LogP contribution in [0, 0.1) is 5.82 Å². The summed E-state index contributed by atoms with van der Waals surface area (Å²) < 4.78 is 13.4. The highest BCUT2D eigenvalue weighted by molar-refractivity contribution is 5.91. The third-order valence-electron chi connectivity index (χ3n) is 3.02. The molecule has 0 aromatic heterocycles. The minimum Gasteiger partial charge on any atom is -0.478 e. The molecule has 0 radical (unpaired) electrons. The number of amides is 2. The van der Waals surface area contributed by atoms with Gasteiger partial charge in [0.05, 0.1) is 5.56 Å². The maximum atomic E-state index is 13.4. The molecule has 2 N–H and O–H groups in total. The third-order valence-corrected chi connectivity index (χ3v) is 3.02. The number of hydrogen-bond acceptors (Lipinski definition) is 2. The lowest BCUT2D eigenvalue weighted by molar-refractivity contribution is 0.0692. The fraction of sp³-hybridized carbons (Fsp3) is 0.385. The van der Waals surface area contributed by atoms with E-state index in [-0.39, 0.29) is 17.8 Å². The minimum atomic E-state index is -1.34. The number of nitrogens with one attached hydrogen (secondary N) is 1. The van der Waals surface area contributed by atoms with E-state index in [1.54, 1.807) is 7.05 Å². The monoisotopic (exact) mass is 268 g/mol. The van der Waals surface area contributed by atoms with E-state index in [0.717, 1.165) is 18.6 Å². The Morgan fingerprint density at radius 2 is 2.11 bits per heavy atom. The van der Waals surface area contributed by atoms with Crippen molar-refractivity contribution in [3.8, 4) is 0 Å². The zero-order valence-corrected chi connectivity index (χ0v) is 11.1. The summed E-state index contributed by atoms with van der Waals surface area (Å²) in [5, 5.41) is 11.2. The van der Waals surface area contributed by atoms with E-state index >= 15 is 0 Å². The van der Waals surface area contributed by atoms with Crippen LogP contribution < -0.4 is 5.32 Å². The van der Waals surface area contributed by atoms with Gasteiger partial charge in [-0.1, -0.05) is 6.92 Å². The number of anilines is 1. The molecule has 1 rings (SSSR count). The second-order valence-electron chi connectivity index (χ2n) is 4.30. The summed E-state index contributed by atoms with van der Waals surface area (Å²) in [6.07, 6.45) is 0.802. The molecule has 2 amide bonds. The van der Waals surface area contributed by atoms with Crippen molar-refractivity contribution in [1.82, 2.24) is 4.90 Å². The predicted molar refractivity (Wildman–Crippen MR) is 69.9 cm³/mol. The van der Waals surface area contributed by atoms with Gasteiger partial charge in [0.1, 0.15) is 5.82 Å². The third kappa shape index (κ3) is 3.67. The standard InChI is InChI=1S/C13H17FN2O3/c1-4-8(2)16(3)13(19)15-9-5-6-10(12(17)18)11(14)7-9/h5-8H,4H2,1-3H3,(H,15,19)(H,17,18). The number of rotatable bonds is 4. The molecule has 0 aliphatic heterocycles. The first-order valence-electron chi connectivity index (χ1n) is 5.93. The molecule has 0 saturated heterocycles. The molecule has 0 heterocycles. The Labute approximate surface area is 111 Å². The van der Waals surface area contributed by atoms with Gasteiger partial charge >= 0.3 is 12.0 Å². The van der Waals surface area contributed by atoms with Gasteiger partial charge < -0.3 is 15.3 Å². The highest BCUT2D eigenvalue weighted by atomic mass is 19.1. The lowest BCUT2D eigenvalue weighted by Gasteiger charge is -2.24. The number of benzene rings is 1. The molecule has 0 aliphatic carbocycles. The zero-order chi connectivity index (χ0) is 14.6. The van der Waals surface area contributed by atoms with Crippen LogP contribution in [-0.4, -0.2) is 35.1 Å². The fourth-order valence-corrected chi connectivity index (χ4v) is 1.45. The average Bonchev–Trinajstić information content (AvgIpc) is 2.36. The van der Waals surface area contributed by atoms with Crippen molar-refractivity contribution in [3.05, 3.63) is 29.6 Å². The van der Waals surface area contributed by atoms with Gasteiger partial charge in [-0.25, -0.2) is 14.0 Å². The van der Waals surface area contributed by atoms with Crippen LogP contribution in [0.2, 0.25) is 0 Å². The Morgan fingerprint density at radius 1 is 1.47 bits per heavy atom. The molecule has 0 spiro atoms. The normalized spacial score (nSPS) is 11.8. The van der Waals surface area contributed by atoms with Crippen LogP contribution in [0.25, 0.3) is 0 Å². The Balaban J connectivity index is 2.81. The quantitative estimate of drug-likeness (QED) is 0.882. The fourth-order valence-electron chi connectivity index (χ4n) is 1.45. The summed E-state index contributed by atoms with van der Waals surface area (Å²) in [6, 6.07) is 3.16. The van der Waals surface area contributed by atoms with Gasteiger partial charge in [0.25, 0.3) is 0 Å². The molecule has 0 aliphatic rings. The summed E-state index contributed by atoms with van der Waals surface area (Å²) in [5.41, 5.74) is -0.198. The molecule has 1 atom stereocenters. The van der Waals surface area contributed by atoms with Gasteiger partial charge in [0, 0.05) is 18.8 Å². The van der Waals surface area contributed by atoms with Crippen molar-refractivity contribution in [2.24, 2.45) is 0 Å². The Morgan fingerprint density at radius 3 is 2.58 bits per heavy atom. The minimum absolute atomic E-state index is 0.0585. The van der Waals surface area contributed by atoms with Crippen molar-refractivity contribution in [1.29, 1.82) is 0 Å². The van der Waals surface area contributed by atoms with Crippen molar-refractivity contribution in [3.63, 3.8) is 0 Å². The van der Waals surface area contributed by atoms with Crippen LogP contribution in [0.15, 0.2) is 18.2 Å². The first-order chi connectivity index (χ1) is 8.86. The first kappa shape index (κ1) is 14.9. The van der Waals surface area contributed by atoms with Gasteiger partial charge in [-0.05, 0) is 31.5 Å². The van der Waals surface area contributed by atoms with Crippen LogP contribution in [-0.2, 0) is 0 Å². The second kappa shape index (κ2) is 6.17. The summed E-state index contributed by atoms with van der Waals surface area (Å²) in [6.45, 7) is 3.85. The molecule has 1 unspecified atom stereocenters. The largest absolute Gasteiger partial charge is 0.478 e. The number of carbonyl (C=O) groups excluding carboxylic acids is 1. The Hall–Kier alpha value is -2.11. The molecule has 0 saturated carbocycles. The molecule has 19 heavy (non-hydrogen) atoms. The second-order valence-corrected chi connectivity index (χ2v) is 4.30. The molecular formula is C13H17FN2O3. The van der Waals surface area contributed by atoms with Crippen LogP contribution in [0.1, 0.15) is 30.6 Å². The van der Waals surface area contributed by atoms with E-state index in [1.807, 2.05) is 13.8 Å². The topological polar surface area (TPSA) is 69.6 Å². The number of halogens is 1. The molecule has 6 heteroatoms. The average molecular weight is 268 g/mol. The van der Waals surface area contributed by atoms with Gasteiger partial charge in [-0.15, -0.1) is 0 Å². The number of hydrogen-bond donors (Lipinski definition) is 2. The number of urea groups is 1. The summed E-state index contributed by atoms with van der Waals surface area (Å²) in [5.74, 6) is -2.22. The smallest absolute Gasteiger partial charge is 0.338 e. The highest BCUT2D eigenvalue weighted by Crippen LogP contribution is 2.15. The first-order valence-corrected chi connectivity index (χ1v) is 5.93. The highest BCUT2D eigenvalue weighted by Gasteiger charge is 2.15. The summed E-state index contributed by atoms with van der Waals surface area (Å²) in [4.78, 5) is 24.0. The molecule has 5 nitrogen and oxygen atoms in total. The SMILES string of the molecule is CCC(C)N(C)C(=O)Nc1ccc(C(=O)O)c(F)c1. The lowest BCUT2D eigenvalue weighted by Crippen LogP contribution is -2.37. The van der Waals surface area contributed by atoms with Crippen LogP contribution >= 0.6 is 0 Å². The van der Waals surface area contributed by atoms with E-state index in [4.69, 9.17) is 5.11 Å². The molecule has 1 aromatic carbocycles. The number of carboxylic acid groups (broad SMARTS) is 1. The molecule has 104 valence electrons. The van der Waals surface area contributed by atoms with Crippen molar-refractivity contribution >= 4 is 17.7 Å². The predicted octanol–water partition coefficient (Wildman–Crippen LogP) is 2.79. The Kier molecular flexibility index (Phi) is 4.86. The number of aromatic carboxylic acids is 1. The van der Waals surface area contributed by atoms with E-state index in [0.29, 0.717) is 0 Å². The van der Waals surface area contributed by atoms with E-state index in [9.17, 15) is 14.0 Å². The van der Waals surface area contributed by atoms with Crippen molar-refractivity contribution < 1.29 is 19.1 Å². The number of carboxylic acids is 1. The van der Waals surface area contributed by atoms with Crippen LogP contribution in [0.4, 0.5) is 14.9 Å². The van der Waals surface area contributed by atoms with Gasteiger partial charge in [-0.2, -0.15) is 0 Å². The Bertz CT molecular complexity index is 491. The molecule has 0 bridgehead atoms. The molecular weight excluding hydrogens is 251 g/mol. The summed E-state index contributed by atoms with van der Waals surface area (Å²) in [7, 11) is 1.64. The van der Waals surface area contributed by atoms with E-state index < -0.39 is 17.3 Å². The molecule has 1 aromatic rings. The van der Waals surface area contributed by atoms with Crippen molar-refractivity contribution in [2.75, 3.05) is 12.4 Å². The van der Waals surface area contributed by atoms with Crippen LogP contribution in [0.3, 0.4) is 0 Å². The van der Waals surface area contributed by atoms with Gasteiger partial charge in [0.15, 0.2) is 0 Å². The van der Waals surface area contributed by atoms with Crippen molar-refractivity contribution in [2.45, 2.75) is 26.3 Å². The summed E-state index contributed by atoms with van der Waals surface area (Å²) >= 11 is 0. The van der Waals surface area contributed by atoms with E-state index in [2.05, 4.69) is 5.32 Å². The van der Waals surface area contributed by atoms with E-state index in [1.165, 1.54) is 11.0 Å². The van der Waals surface area contributed by atoms with Gasteiger partial charge in [0.2, 0.25) is 0 Å². The number of nitrogens with zero attached hydrogens (tertiary/aromatic N) is 1. The zero-order valence-electron chi connectivity index (χ0n) is 11.1. The lowest BCUT2D eigenvalue weighted by atomic mass is 10.2. The maximum absolute atomic E-state index is 13.4. The maximum Gasteiger partial charge on any atom is 0.338 e. The molecule has 0 fully saturated rings. The van der Waals surface area contributed by atoms with Crippen LogP contribution in [0.5, 0.6) is 0 Å². The number of carbonyl (C=O) groups is 2.